The first-order chi connectivity index (χ1) is 10.5. The fourth-order valence-corrected chi connectivity index (χ4v) is 4.47. The summed E-state index contributed by atoms with van der Waals surface area (Å²) in [5.74, 6) is 2.74. The van der Waals surface area contributed by atoms with Crippen LogP contribution in [0.5, 0.6) is 0 Å². The fraction of sp³-hybridized carbons (Fsp3) is 1.00. The van der Waals surface area contributed by atoms with Gasteiger partial charge in [-0.2, -0.15) is 0 Å². The molecule has 140 valence electrons. The van der Waals surface area contributed by atoms with Crippen molar-refractivity contribution in [2.45, 2.75) is 72.2 Å². The van der Waals surface area contributed by atoms with Crippen molar-refractivity contribution < 1.29 is 9.16 Å². The van der Waals surface area contributed by atoms with E-state index in [2.05, 4.69) is 83.5 Å². The average Bonchev–Trinajstić information content (AvgIpc) is 2.47. The summed E-state index contributed by atoms with van der Waals surface area (Å²) in [5, 5.41) is 0.275. The molecule has 0 bridgehead atoms. The van der Waals surface area contributed by atoms with E-state index in [1.165, 1.54) is 4.43 Å². The molecular formula is C18H39IO2SSi. The molecule has 0 amide bonds. The average molecular weight is 475 g/mol. The molecule has 0 aromatic rings. The number of thioether (sulfide) groups is 1. The van der Waals surface area contributed by atoms with Crippen molar-refractivity contribution in [2.75, 3.05) is 23.2 Å². The van der Waals surface area contributed by atoms with E-state index in [9.17, 15) is 0 Å². The highest BCUT2D eigenvalue weighted by Gasteiger charge is 2.37. The van der Waals surface area contributed by atoms with Crippen molar-refractivity contribution in [1.82, 2.24) is 0 Å². The number of hydrogen-bond acceptors (Lipinski definition) is 3. The van der Waals surface area contributed by atoms with E-state index in [1.54, 1.807) is 11.8 Å². The third-order valence-electron chi connectivity index (χ3n) is 5.63. The Labute approximate surface area is 164 Å². The first-order valence-corrected chi connectivity index (χ1v) is 14.6. The molecule has 0 aromatic heterocycles. The predicted octanol–water partition coefficient (Wildman–Crippen LogP) is 6.45. The molecular weight excluding hydrogens is 435 g/mol. The van der Waals surface area contributed by atoms with E-state index >= 15 is 0 Å². The monoisotopic (exact) mass is 474 g/mol. The molecule has 0 fully saturated rings. The molecule has 0 radical (unpaired) electrons. The van der Waals surface area contributed by atoms with Gasteiger partial charge in [-0.1, -0.05) is 64.1 Å². The van der Waals surface area contributed by atoms with Gasteiger partial charge in [-0.25, -0.2) is 0 Å². The van der Waals surface area contributed by atoms with Crippen LogP contribution in [0.1, 0.15) is 48.0 Å². The molecule has 0 aliphatic carbocycles. The van der Waals surface area contributed by atoms with Gasteiger partial charge in [-0.3, -0.25) is 0 Å². The van der Waals surface area contributed by atoms with E-state index in [0.717, 1.165) is 24.9 Å². The highest BCUT2D eigenvalue weighted by Crippen LogP contribution is 2.37. The molecule has 0 saturated carbocycles. The van der Waals surface area contributed by atoms with Crippen LogP contribution in [0.2, 0.25) is 18.1 Å². The van der Waals surface area contributed by atoms with E-state index in [0.29, 0.717) is 17.9 Å². The third-order valence-corrected chi connectivity index (χ3v) is 11.9. The van der Waals surface area contributed by atoms with E-state index in [1.807, 2.05) is 0 Å². The summed E-state index contributed by atoms with van der Waals surface area (Å²) in [4.78, 5) is 0. The minimum atomic E-state index is -1.66. The Hall–Kier alpha value is 1.22. The maximum absolute atomic E-state index is 6.37. The van der Waals surface area contributed by atoms with Gasteiger partial charge in [0, 0.05) is 11.0 Å². The molecule has 5 heteroatoms. The molecule has 23 heavy (non-hydrogen) atoms. The normalized spacial score (nSPS) is 18.5. The number of rotatable bonds is 11. The summed E-state index contributed by atoms with van der Waals surface area (Å²) in [6.07, 6.45) is 3.41. The van der Waals surface area contributed by atoms with Crippen LogP contribution < -0.4 is 0 Å². The molecule has 0 heterocycles. The molecule has 4 atom stereocenters. The van der Waals surface area contributed by atoms with Gasteiger partial charge < -0.3 is 9.16 Å². The van der Waals surface area contributed by atoms with E-state index in [-0.39, 0.29) is 5.04 Å². The number of alkyl halides is 1. The lowest BCUT2D eigenvalue weighted by Gasteiger charge is -2.37. The molecule has 0 aliphatic heterocycles. The van der Waals surface area contributed by atoms with E-state index < -0.39 is 8.32 Å². The second-order valence-corrected chi connectivity index (χ2v) is 14.9. The summed E-state index contributed by atoms with van der Waals surface area (Å²) >= 11 is 4.26. The van der Waals surface area contributed by atoms with Crippen molar-refractivity contribution in [1.29, 1.82) is 0 Å². The Bertz CT molecular complexity index is 321. The third kappa shape index (κ3) is 8.43. The summed E-state index contributed by atoms with van der Waals surface area (Å²) in [7, 11) is -1.66. The number of ether oxygens (including phenoxy) is 1. The van der Waals surface area contributed by atoms with Crippen LogP contribution in [-0.4, -0.2) is 37.7 Å². The van der Waals surface area contributed by atoms with Gasteiger partial charge >= 0.3 is 0 Å². The lowest BCUT2D eigenvalue weighted by molar-refractivity contribution is 0.00581. The molecule has 0 aromatic carbocycles. The summed E-state index contributed by atoms with van der Waals surface area (Å²) < 4.78 is 13.7. The topological polar surface area (TPSA) is 18.5 Å². The maximum atomic E-state index is 6.37. The Morgan fingerprint density at radius 2 is 1.65 bits per heavy atom. The van der Waals surface area contributed by atoms with Crippen LogP contribution >= 0.6 is 34.4 Å². The van der Waals surface area contributed by atoms with E-state index in [4.69, 9.17) is 9.16 Å². The smallest absolute Gasteiger partial charge is 0.191 e. The second-order valence-electron chi connectivity index (χ2n) is 8.36. The van der Waals surface area contributed by atoms with Gasteiger partial charge in [0.2, 0.25) is 0 Å². The van der Waals surface area contributed by atoms with Crippen molar-refractivity contribution in [3.8, 4) is 0 Å². The summed E-state index contributed by atoms with van der Waals surface area (Å²) in [6, 6.07) is 0. The molecule has 2 nitrogen and oxygen atoms in total. The van der Waals surface area contributed by atoms with Crippen LogP contribution in [0, 0.1) is 17.8 Å². The largest absolute Gasteiger partial charge is 0.417 e. The highest BCUT2D eigenvalue weighted by molar-refractivity contribution is 14.1. The Kier molecular flexibility index (Phi) is 11.6. The zero-order valence-electron chi connectivity index (χ0n) is 16.7. The Morgan fingerprint density at radius 1 is 1.09 bits per heavy atom. The Balaban J connectivity index is 4.68. The Morgan fingerprint density at radius 3 is 2.09 bits per heavy atom. The molecule has 0 spiro atoms. The van der Waals surface area contributed by atoms with Crippen LogP contribution in [0.4, 0.5) is 0 Å². The highest BCUT2D eigenvalue weighted by atomic mass is 127. The van der Waals surface area contributed by atoms with Crippen LogP contribution in [0.3, 0.4) is 0 Å². The van der Waals surface area contributed by atoms with Gasteiger partial charge in [0.25, 0.3) is 0 Å². The minimum absolute atomic E-state index is 0.275. The summed E-state index contributed by atoms with van der Waals surface area (Å²) in [5.41, 5.74) is 0. The number of hydrogen-bond donors (Lipinski definition) is 0. The van der Waals surface area contributed by atoms with Crippen LogP contribution in [-0.2, 0) is 9.16 Å². The molecule has 0 saturated heterocycles. The zero-order chi connectivity index (χ0) is 18.3. The van der Waals surface area contributed by atoms with Crippen molar-refractivity contribution >= 4 is 42.7 Å². The maximum Gasteiger partial charge on any atom is 0.191 e. The zero-order valence-corrected chi connectivity index (χ0v) is 20.7. The lowest BCUT2D eigenvalue weighted by Crippen LogP contribution is -2.42. The van der Waals surface area contributed by atoms with Crippen molar-refractivity contribution in [3.63, 3.8) is 0 Å². The van der Waals surface area contributed by atoms with Crippen LogP contribution in [0.15, 0.2) is 0 Å². The standard InChI is InChI=1S/C18H39IO2SSi/c1-14(12-19)15(2)16(3)17(20-13-22-7)10-11-21-23(8,9)18(4,5)6/h14-17H,10-13H2,1-9H3/t14-,15-,16+,17-/m1/s1. The van der Waals surface area contributed by atoms with Gasteiger partial charge in [-0.05, 0) is 48.6 Å². The fourth-order valence-electron chi connectivity index (χ4n) is 2.30. The first-order valence-electron chi connectivity index (χ1n) is 8.78. The molecule has 0 N–H and O–H groups in total. The predicted molar refractivity (Wildman–Crippen MR) is 117 cm³/mol. The lowest BCUT2D eigenvalue weighted by atomic mass is 9.82. The van der Waals surface area contributed by atoms with Gasteiger partial charge in [0.1, 0.15) is 0 Å². The molecule has 0 unspecified atom stereocenters. The molecule has 0 rings (SSSR count). The van der Waals surface area contributed by atoms with Gasteiger partial charge in [0.05, 0.1) is 12.0 Å². The minimum Gasteiger partial charge on any atom is -0.417 e. The van der Waals surface area contributed by atoms with Gasteiger partial charge in [0.15, 0.2) is 8.32 Å². The summed E-state index contributed by atoms with van der Waals surface area (Å²) in [6.45, 7) is 19.5. The van der Waals surface area contributed by atoms with Gasteiger partial charge in [-0.15, -0.1) is 11.8 Å². The quantitative estimate of drug-likeness (QED) is 0.148. The SMILES string of the molecule is CSCO[C@H](CCO[Si](C)(C)C(C)(C)C)[C@@H](C)[C@H](C)[C@H](C)CI. The van der Waals surface area contributed by atoms with Crippen molar-refractivity contribution in [3.05, 3.63) is 0 Å². The van der Waals surface area contributed by atoms with Crippen molar-refractivity contribution in [2.24, 2.45) is 17.8 Å². The molecule has 0 aliphatic rings. The number of halogens is 1. The van der Waals surface area contributed by atoms with Crippen LogP contribution in [0.25, 0.3) is 0 Å². The second kappa shape index (κ2) is 11.0. The first kappa shape index (κ1) is 24.2.